The summed E-state index contributed by atoms with van der Waals surface area (Å²) in [5.74, 6) is 0.820. The fourth-order valence-corrected chi connectivity index (χ4v) is 1.29. The smallest absolute Gasteiger partial charge is 0.169 e. The van der Waals surface area contributed by atoms with Crippen LogP contribution in [0.1, 0.15) is 33.1 Å². The maximum Gasteiger partial charge on any atom is 0.169 e. The topological polar surface area (TPSA) is 30.5 Å². The molecule has 14 heavy (non-hydrogen) atoms. The van der Waals surface area contributed by atoms with Crippen LogP contribution in [0.15, 0.2) is 0 Å². The van der Waals surface area contributed by atoms with Gasteiger partial charge in [-0.3, -0.25) is 0 Å². The van der Waals surface area contributed by atoms with Crippen molar-refractivity contribution in [3.8, 4) is 0 Å². The molecule has 3 nitrogen and oxygen atoms in total. The van der Waals surface area contributed by atoms with Crippen LogP contribution in [0.5, 0.6) is 0 Å². The van der Waals surface area contributed by atoms with Crippen molar-refractivity contribution >= 4 is 0 Å². The predicted octanol–water partition coefficient (Wildman–Crippen LogP) is 2.02. The highest BCUT2D eigenvalue weighted by molar-refractivity contribution is 4.53. The van der Waals surface area contributed by atoms with Gasteiger partial charge in [-0.25, -0.2) is 0 Å². The summed E-state index contributed by atoms with van der Waals surface area (Å²) in [5, 5.41) is 3.31. The van der Waals surface area contributed by atoms with Gasteiger partial charge in [0.1, 0.15) is 0 Å². The third-order valence-corrected chi connectivity index (χ3v) is 2.22. The van der Waals surface area contributed by atoms with Crippen LogP contribution in [-0.4, -0.2) is 33.6 Å². The molecule has 0 spiro atoms. The first-order chi connectivity index (χ1) is 6.70. The van der Waals surface area contributed by atoms with Crippen LogP contribution in [0.25, 0.3) is 0 Å². The first-order valence-electron chi connectivity index (χ1n) is 5.47. The van der Waals surface area contributed by atoms with Gasteiger partial charge in [0.2, 0.25) is 0 Å². The molecule has 0 aromatic carbocycles. The zero-order valence-corrected chi connectivity index (χ0v) is 10.0. The molecule has 0 saturated heterocycles. The van der Waals surface area contributed by atoms with E-state index in [0.29, 0.717) is 0 Å². The van der Waals surface area contributed by atoms with Gasteiger partial charge in [0, 0.05) is 20.8 Å². The molecular formula is C11H25NO2. The maximum absolute atomic E-state index is 5.06. The predicted molar refractivity (Wildman–Crippen MR) is 59.4 cm³/mol. The molecule has 0 atom stereocenters. The first-order valence-corrected chi connectivity index (χ1v) is 5.47. The number of nitrogens with one attached hydrogen (secondary N) is 1. The Bertz CT molecular complexity index is 114. The molecule has 0 aromatic heterocycles. The minimum Gasteiger partial charge on any atom is -0.355 e. The van der Waals surface area contributed by atoms with Gasteiger partial charge < -0.3 is 14.8 Å². The molecule has 0 aliphatic rings. The SMILES string of the molecule is COC(CNCCCCC(C)C)OC. The highest BCUT2D eigenvalue weighted by Crippen LogP contribution is 2.04. The van der Waals surface area contributed by atoms with Gasteiger partial charge in [0.15, 0.2) is 6.29 Å². The lowest BCUT2D eigenvalue weighted by Gasteiger charge is -2.13. The van der Waals surface area contributed by atoms with Crippen LogP contribution in [0, 0.1) is 5.92 Å². The molecule has 0 aromatic rings. The van der Waals surface area contributed by atoms with Crippen LogP contribution in [0.3, 0.4) is 0 Å². The molecular weight excluding hydrogens is 178 g/mol. The van der Waals surface area contributed by atoms with Gasteiger partial charge in [-0.2, -0.15) is 0 Å². The lowest BCUT2D eigenvalue weighted by atomic mass is 10.1. The van der Waals surface area contributed by atoms with Crippen LogP contribution >= 0.6 is 0 Å². The molecule has 0 heterocycles. The third kappa shape index (κ3) is 8.48. The van der Waals surface area contributed by atoms with E-state index in [1.165, 1.54) is 19.3 Å². The zero-order valence-electron chi connectivity index (χ0n) is 10.0. The summed E-state index contributed by atoms with van der Waals surface area (Å²) in [6.45, 7) is 6.35. The third-order valence-electron chi connectivity index (χ3n) is 2.22. The molecule has 86 valence electrons. The van der Waals surface area contributed by atoms with E-state index < -0.39 is 0 Å². The molecule has 0 rings (SSSR count). The lowest BCUT2D eigenvalue weighted by molar-refractivity contribution is -0.0986. The van der Waals surface area contributed by atoms with Crippen molar-refractivity contribution < 1.29 is 9.47 Å². The van der Waals surface area contributed by atoms with E-state index in [9.17, 15) is 0 Å². The molecule has 3 heteroatoms. The van der Waals surface area contributed by atoms with Crippen LogP contribution in [0.4, 0.5) is 0 Å². The van der Waals surface area contributed by atoms with Gasteiger partial charge in [-0.05, 0) is 18.9 Å². The van der Waals surface area contributed by atoms with Gasteiger partial charge in [0.25, 0.3) is 0 Å². The average Bonchev–Trinajstić information content (AvgIpc) is 2.16. The molecule has 0 radical (unpaired) electrons. The van der Waals surface area contributed by atoms with E-state index >= 15 is 0 Å². The Balaban J connectivity index is 3.12. The molecule has 0 unspecified atom stereocenters. The quantitative estimate of drug-likeness (QED) is 0.459. The highest BCUT2D eigenvalue weighted by Gasteiger charge is 2.02. The molecule has 0 aliphatic heterocycles. The molecule has 0 fully saturated rings. The summed E-state index contributed by atoms with van der Waals surface area (Å²) in [7, 11) is 3.32. The van der Waals surface area contributed by atoms with Crippen LogP contribution in [0.2, 0.25) is 0 Å². The van der Waals surface area contributed by atoms with Crippen molar-refractivity contribution in [2.45, 2.75) is 39.4 Å². The maximum atomic E-state index is 5.06. The Hall–Kier alpha value is -0.120. The standard InChI is InChI=1S/C11H25NO2/c1-10(2)7-5-6-8-12-9-11(13-3)14-4/h10-12H,5-9H2,1-4H3. The van der Waals surface area contributed by atoms with E-state index in [2.05, 4.69) is 19.2 Å². The lowest BCUT2D eigenvalue weighted by Crippen LogP contribution is -2.30. The fraction of sp³-hybridized carbons (Fsp3) is 1.00. The number of unbranched alkanes of at least 4 members (excludes halogenated alkanes) is 1. The number of hydrogen-bond donors (Lipinski definition) is 1. The highest BCUT2D eigenvalue weighted by atomic mass is 16.7. The summed E-state index contributed by atoms with van der Waals surface area (Å²) in [4.78, 5) is 0. The van der Waals surface area contributed by atoms with Gasteiger partial charge in [-0.15, -0.1) is 0 Å². The van der Waals surface area contributed by atoms with Crippen molar-refractivity contribution in [1.29, 1.82) is 0 Å². The number of hydrogen-bond acceptors (Lipinski definition) is 3. The summed E-state index contributed by atoms with van der Waals surface area (Å²) < 4.78 is 10.1. The second-order valence-electron chi connectivity index (χ2n) is 3.99. The first kappa shape index (κ1) is 13.9. The second kappa shape index (κ2) is 9.44. The van der Waals surface area contributed by atoms with E-state index in [4.69, 9.17) is 9.47 Å². The minimum atomic E-state index is -0.111. The van der Waals surface area contributed by atoms with Gasteiger partial charge in [-0.1, -0.05) is 26.7 Å². The Morgan fingerprint density at radius 1 is 1.07 bits per heavy atom. The normalized spacial score (nSPS) is 11.6. The zero-order chi connectivity index (χ0) is 10.8. The Morgan fingerprint density at radius 3 is 2.21 bits per heavy atom. The van der Waals surface area contributed by atoms with Gasteiger partial charge in [0.05, 0.1) is 0 Å². The van der Waals surface area contributed by atoms with Crippen molar-refractivity contribution in [2.75, 3.05) is 27.3 Å². The summed E-state index contributed by atoms with van der Waals surface area (Å²) in [5.41, 5.74) is 0. The Morgan fingerprint density at radius 2 is 1.71 bits per heavy atom. The number of methoxy groups -OCH3 is 2. The van der Waals surface area contributed by atoms with E-state index in [-0.39, 0.29) is 6.29 Å². The van der Waals surface area contributed by atoms with Crippen molar-refractivity contribution in [1.82, 2.24) is 5.32 Å². The second-order valence-corrected chi connectivity index (χ2v) is 3.99. The van der Waals surface area contributed by atoms with Crippen molar-refractivity contribution in [3.63, 3.8) is 0 Å². The molecule has 0 aliphatic carbocycles. The largest absolute Gasteiger partial charge is 0.355 e. The monoisotopic (exact) mass is 203 g/mol. The molecule has 1 N–H and O–H groups in total. The van der Waals surface area contributed by atoms with Crippen molar-refractivity contribution in [3.05, 3.63) is 0 Å². The van der Waals surface area contributed by atoms with E-state index in [1.807, 2.05) is 0 Å². The molecule has 0 bridgehead atoms. The van der Waals surface area contributed by atoms with Crippen LogP contribution in [-0.2, 0) is 9.47 Å². The summed E-state index contributed by atoms with van der Waals surface area (Å²) in [6.07, 6.45) is 3.74. The van der Waals surface area contributed by atoms with E-state index in [0.717, 1.165) is 19.0 Å². The summed E-state index contributed by atoms with van der Waals surface area (Å²) in [6, 6.07) is 0. The number of rotatable bonds is 9. The average molecular weight is 203 g/mol. The Kier molecular flexibility index (Phi) is 9.35. The van der Waals surface area contributed by atoms with E-state index in [1.54, 1.807) is 14.2 Å². The number of ether oxygens (including phenoxy) is 2. The Labute approximate surface area is 88.2 Å². The minimum absolute atomic E-state index is 0.111. The fourth-order valence-electron chi connectivity index (χ4n) is 1.29. The van der Waals surface area contributed by atoms with Crippen molar-refractivity contribution in [2.24, 2.45) is 5.92 Å². The summed E-state index contributed by atoms with van der Waals surface area (Å²) >= 11 is 0. The molecule has 0 amide bonds. The van der Waals surface area contributed by atoms with Gasteiger partial charge >= 0.3 is 0 Å². The van der Waals surface area contributed by atoms with Crippen LogP contribution < -0.4 is 5.32 Å². The molecule has 0 saturated carbocycles.